The Morgan fingerprint density at radius 1 is 1.06 bits per heavy atom. The molecule has 31 heavy (non-hydrogen) atoms. The van der Waals surface area contributed by atoms with Gasteiger partial charge in [-0.2, -0.15) is 4.98 Å². The SMILES string of the molecule is CCCc1noc(-c2cccc(CNC(=NC)NCc3ccc(OC)cc3OC)c2)n1. The van der Waals surface area contributed by atoms with Crippen LogP contribution in [0.25, 0.3) is 11.5 Å². The van der Waals surface area contributed by atoms with E-state index in [1.807, 2.05) is 42.5 Å². The zero-order valence-corrected chi connectivity index (χ0v) is 18.4. The van der Waals surface area contributed by atoms with Gasteiger partial charge in [-0.3, -0.25) is 4.99 Å². The van der Waals surface area contributed by atoms with Crippen LogP contribution in [0.5, 0.6) is 11.5 Å². The summed E-state index contributed by atoms with van der Waals surface area (Å²) >= 11 is 0. The fourth-order valence-corrected chi connectivity index (χ4v) is 3.09. The van der Waals surface area contributed by atoms with Gasteiger partial charge in [0.25, 0.3) is 5.89 Å². The maximum Gasteiger partial charge on any atom is 0.257 e. The number of nitrogens with one attached hydrogen (secondary N) is 2. The molecule has 0 amide bonds. The molecule has 0 aliphatic rings. The van der Waals surface area contributed by atoms with Crippen LogP contribution in [-0.2, 0) is 19.5 Å². The monoisotopic (exact) mass is 423 g/mol. The smallest absolute Gasteiger partial charge is 0.257 e. The van der Waals surface area contributed by atoms with Gasteiger partial charge in [0.2, 0.25) is 0 Å². The number of methoxy groups -OCH3 is 2. The maximum atomic E-state index is 5.46. The summed E-state index contributed by atoms with van der Waals surface area (Å²) in [6.45, 7) is 3.26. The number of aryl methyl sites for hydroxylation is 1. The molecular formula is C23H29N5O3. The van der Waals surface area contributed by atoms with Gasteiger partial charge in [-0.25, -0.2) is 0 Å². The fraction of sp³-hybridized carbons (Fsp3) is 0.348. The van der Waals surface area contributed by atoms with Crippen molar-refractivity contribution in [2.45, 2.75) is 32.9 Å². The van der Waals surface area contributed by atoms with Gasteiger partial charge in [-0.1, -0.05) is 24.2 Å². The molecule has 0 radical (unpaired) electrons. The Kier molecular flexibility index (Phi) is 7.86. The third kappa shape index (κ3) is 5.97. The Balaban J connectivity index is 1.59. The van der Waals surface area contributed by atoms with E-state index in [9.17, 15) is 0 Å². The molecule has 3 aromatic rings. The molecule has 0 fully saturated rings. The van der Waals surface area contributed by atoms with Crippen LogP contribution in [-0.4, -0.2) is 37.4 Å². The Morgan fingerprint density at radius 3 is 2.65 bits per heavy atom. The zero-order valence-electron chi connectivity index (χ0n) is 18.4. The van der Waals surface area contributed by atoms with Crippen molar-refractivity contribution < 1.29 is 14.0 Å². The van der Waals surface area contributed by atoms with E-state index < -0.39 is 0 Å². The highest BCUT2D eigenvalue weighted by atomic mass is 16.5. The fourth-order valence-electron chi connectivity index (χ4n) is 3.09. The number of hydrogen-bond donors (Lipinski definition) is 2. The third-order valence-corrected chi connectivity index (χ3v) is 4.74. The van der Waals surface area contributed by atoms with E-state index in [4.69, 9.17) is 14.0 Å². The zero-order chi connectivity index (χ0) is 22.1. The van der Waals surface area contributed by atoms with E-state index in [1.165, 1.54) is 0 Å². The van der Waals surface area contributed by atoms with Gasteiger partial charge in [0, 0.05) is 43.8 Å². The van der Waals surface area contributed by atoms with Gasteiger partial charge in [0.05, 0.1) is 14.2 Å². The summed E-state index contributed by atoms with van der Waals surface area (Å²) in [5.74, 6) is 3.48. The third-order valence-electron chi connectivity index (χ3n) is 4.74. The second kappa shape index (κ2) is 11.0. The highest BCUT2D eigenvalue weighted by Crippen LogP contribution is 2.24. The number of hydrogen-bond acceptors (Lipinski definition) is 6. The van der Waals surface area contributed by atoms with Crippen molar-refractivity contribution in [3.05, 3.63) is 59.4 Å². The largest absolute Gasteiger partial charge is 0.497 e. The summed E-state index contributed by atoms with van der Waals surface area (Å²) in [6.07, 6.45) is 1.79. The minimum atomic E-state index is 0.541. The molecule has 3 rings (SSSR count). The van der Waals surface area contributed by atoms with Crippen molar-refractivity contribution in [3.63, 3.8) is 0 Å². The van der Waals surface area contributed by atoms with Gasteiger partial charge in [-0.15, -0.1) is 0 Å². The highest BCUT2D eigenvalue weighted by molar-refractivity contribution is 5.79. The number of guanidine groups is 1. The van der Waals surface area contributed by atoms with Crippen LogP contribution in [0.2, 0.25) is 0 Å². The second-order valence-corrected chi connectivity index (χ2v) is 6.92. The standard InChI is InChI=1S/C23H29N5O3/c1-5-7-21-27-22(31-28-21)17-9-6-8-16(12-17)14-25-23(24-2)26-15-18-10-11-19(29-3)13-20(18)30-4/h6,8-13H,5,7,14-15H2,1-4H3,(H2,24,25,26). The normalized spacial score (nSPS) is 11.3. The first kappa shape index (κ1) is 22.1. The van der Waals surface area contributed by atoms with E-state index in [-0.39, 0.29) is 0 Å². The average molecular weight is 424 g/mol. The minimum absolute atomic E-state index is 0.541. The lowest BCUT2D eigenvalue weighted by Crippen LogP contribution is -2.36. The van der Waals surface area contributed by atoms with Crippen LogP contribution >= 0.6 is 0 Å². The number of aliphatic imine (C=N–C) groups is 1. The number of rotatable bonds is 9. The topological polar surface area (TPSA) is 93.8 Å². The molecule has 1 heterocycles. The second-order valence-electron chi connectivity index (χ2n) is 6.92. The van der Waals surface area contributed by atoms with E-state index in [0.717, 1.165) is 46.9 Å². The molecule has 2 N–H and O–H groups in total. The summed E-state index contributed by atoms with van der Waals surface area (Å²) in [7, 11) is 5.02. The summed E-state index contributed by atoms with van der Waals surface area (Å²) in [4.78, 5) is 8.76. The molecule has 8 heteroatoms. The van der Waals surface area contributed by atoms with Crippen molar-refractivity contribution in [1.82, 2.24) is 20.8 Å². The molecule has 0 aliphatic carbocycles. The van der Waals surface area contributed by atoms with Gasteiger partial charge < -0.3 is 24.6 Å². The molecule has 0 aliphatic heterocycles. The van der Waals surface area contributed by atoms with Crippen molar-refractivity contribution in [1.29, 1.82) is 0 Å². The first-order valence-corrected chi connectivity index (χ1v) is 10.2. The molecule has 8 nitrogen and oxygen atoms in total. The quantitative estimate of drug-likeness (QED) is 0.401. The van der Waals surface area contributed by atoms with Crippen LogP contribution in [0, 0.1) is 0 Å². The summed E-state index contributed by atoms with van der Waals surface area (Å²) < 4.78 is 16.1. The van der Waals surface area contributed by atoms with Crippen molar-refractivity contribution in [2.75, 3.05) is 21.3 Å². The molecule has 0 saturated heterocycles. The molecule has 164 valence electrons. The van der Waals surface area contributed by atoms with Crippen molar-refractivity contribution in [3.8, 4) is 23.0 Å². The van der Waals surface area contributed by atoms with E-state index in [2.05, 4.69) is 32.7 Å². The van der Waals surface area contributed by atoms with Gasteiger partial charge in [0.15, 0.2) is 11.8 Å². The maximum absolute atomic E-state index is 5.46. The summed E-state index contributed by atoms with van der Waals surface area (Å²) in [5, 5.41) is 10.7. The van der Waals surface area contributed by atoms with Crippen LogP contribution < -0.4 is 20.1 Å². The number of nitrogens with zero attached hydrogens (tertiary/aromatic N) is 3. The van der Waals surface area contributed by atoms with Crippen LogP contribution in [0.4, 0.5) is 0 Å². The van der Waals surface area contributed by atoms with Gasteiger partial charge in [0.1, 0.15) is 11.5 Å². The van der Waals surface area contributed by atoms with Gasteiger partial charge >= 0.3 is 0 Å². The van der Waals surface area contributed by atoms with Gasteiger partial charge in [-0.05, 0) is 36.2 Å². The highest BCUT2D eigenvalue weighted by Gasteiger charge is 2.10. The van der Waals surface area contributed by atoms with Crippen molar-refractivity contribution in [2.24, 2.45) is 4.99 Å². The van der Waals surface area contributed by atoms with Crippen LogP contribution in [0.1, 0.15) is 30.3 Å². The molecule has 0 atom stereocenters. The lowest BCUT2D eigenvalue weighted by molar-refractivity contribution is 0.390. The molecule has 2 aromatic carbocycles. The van der Waals surface area contributed by atoms with Crippen LogP contribution in [0.15, 0.2) is 52.0 Å². The Bertz CT molecular complexity index is 1020. The van der Waals surface area contributed by atoms with Crippen molar-refractivity contribution >= 4 is 5.96 Å². The Hall–Kier alpha value is -3.55. The molecule has 1 aromatic heterocycles. The number of benzene rings is 2. The number of aromatic nitrogens is 2. The predicted octanol–water partition coefficient (Wildman–Crippen LogP) is 3.57. The molecular weight excluding hydrogens is 394 g/mol. The summed E-state index contributed by atoms with van der Waals surface area (Å²) in [6, 6.07) is 13.8. The number of ether oxygens (including phenoxy) is 2. The lowest BCUT2D eigenvalue weighted by Gasteiger charge is -2.14. The first-order valence-electron chi connectivity index (χ1n) is 10.2. The van der Waals surface area contributed by atoms with E-state index in [0.29, 0.717) is 24.9 Å². The summed E-state index contributed by atoms with van der Waals surface area (Å²) in [5.41, 5.74) is 2.99. The van der Waals surface area contributed by atoms with E-state index >= 15 is 0 Å². The Labute approximate surface area is 182 Å². The Morgan fingerprint density at radius 2 is 1.90 bits per heavy atom. The molecule has 0 saturated carbocycles. The molecule has 0 bridgehead atoms. The predicted molar refractivity (Wildman–Crippen MR) is 120 cm³/mol. The minimum Gasteiger partial charge on any atom is -0.497 e. The first-order chi connectivity index (χ1) is 15.2. The lowest BCUT2D eigenvalue weighted by atomic mass is 10.1. The molecule has 0 unspecified atom stereocenters. The average Bonchev–Trinajstić information content (AvgIpc) is 3.28. The molecule has 0 spiro atoms. The van der Waals surface area contributed by atoms with E-state index in [1.54, 1.807) is 21.3 Å². The van der Waals surface area contributed by atoms with Crippen LogP contribution in [0.3, 0.4) is 0 Å².